The van der Waals surface area contributed by atoms with Gasteiger partial charge in [0.2, 0.25) is 0 Å². The fourth-order valence-electron chi connectivity index (χ4n) is 4.45. The third kappa shape index (κ3) is 3.48. The van der Waals surface area contributed by atoms with Gasteiger partial charge in [-0.3, -0.25) is 0 Å². The van der Waals surface area contributed by atoms with Gasteiger partial charge in [0.1, 0.15) is 0 Å². The Bertz CT molecular complexity index is 235. The maximum absolute atomic E-state index is 3.79. The molecule has 2 saturated carbocycles. The lowest BCUT2D eigenvalue weighted by Crippen LogP contribution is -2.46. The third-order valence-electron chi connectivity index (χ3n) is 5.39. The van der Waals surface area contributed by atoms with Gasteiger partial charge < -0.3 is 10.2 Å². The van der Waals surface area contributed by atoms with Crippen LogP contribution in [0.2, 0.25) is 0 Å². The van der Waals surface area contributed by atoms with Crippen molar-refractivity contribution in [1.29, 1.82) is 0 Å². The van der Waals surface area contributed by atoms with Crippen LogP contribution in [0.4, 0.5) is 0 Å². The molecular weight excluding hydrogens is 220 g/mol. The van der Waals surface area contributed by atoms with Gasteiger partial charge in [0.15, 0.2) is 0 Å². The van der Waals surface area contributed by atoms with Crippen LogP contribution < -0.4 is 5.32 Å². The number of piperidine rings is 1. The SMILES string of the molecule is C1CCC(NCCN2CC3CCCC(C3)C2)CC1. The van der Waals surface area contributed by atoms with Crippen LogP contribution in [0.3, 0.4) is 0 Å². The second kappa shape index (κ2) is 6.38. The average molecular weight is 250 g/mol. The third-order valence-corrected chi connectivity index (χ3v) is 5.39. The molecule has 0 spiro atoms. The van der Waals surface area contributed by atoms with Gasteiger partial charge in [-0.2, -0.15) is 0 Å². The summed E-state index contributed by atoms with van der Waals surface area (Å²) in [5.41, 5.74) is 0. The lowest BCUT2D eigenvalue weighted by Gasteiger charge is -2.41. The summed E-state index contributed by atoms with van der Waals surface area (Å²) in [6, 6.07) is 0.836. The number of rotatable bonds is 4. The number of hydrogen-bond acceptors (Lipinski definition) is 2. The highest BCUT2D eigenvalue weighted by molar-refractivity contribution is 4.84. The van der Waals surface area contributed by atoms with Crippen LogP contribution in [-0.2, 0) is 0 Å². The summed E-state index contributed by atoms with van der Waals surface area (Å²) >= 11 is 0. The fourth-order valence-corrected chi connectivity index (χ4v) is 4.45. The first-order chi connectivity index (χ1) is 8.90. The Morgan fingerprint density at radius 3 is 2.28 bits per heavy atom. The molecule has 2 atom stereocenters. The largest absolute Gasteiger partial charge is 0.313 e. The van der Waals surface area contributed by atoms with Crippen LogP contribution in [-0.4, -0.2) is 37.1 Å². The summed E-state index contributed by atoms with van der Waals surface area (Å²) in [4.78, 5) is 2.74. The summed E-state index contributed by atoms with van der Waals surface area (Å²) in [7, 11) is 0. The van der Waals surface area contributed by atoms with E-state index in [1.807, 2.05) is 0 Å². The predicted molar refractivity (Wildman–Crippen MR) is 76.8 cm³/mol. The van der Waals surface area contributed by atoms with Crippen molar-refractivity contribution in [3.05, 3.63) is 0 Å². The molecule has 3 fully saturated rings. The van der Waals surface area contributed by atoms with E-state index < -0.39 is 0 Å². The molecule has 0 radical (unpaired) electrons. The van der Waals surface area contributed by atoms with E-state index in [1.54, 1.807) is 0 Å². The van der Waals surface area contributed by atoms with Gasteiger partial charge in [0.25, 0.3) is 0 Å². The van der Waals surface area contributed by atoms with Gasteiger partial charge in [0.05, 0.1) is 0 Å². The molecule has 2 nitrogen and oxygen atoms in total. The van der Waals surface area contributed by atoms with E-state index in [0.29, 0.717) is 0 Å². The number of nitrogens with zero attached hydrogens (tertiary/aromatic N) is 1. The number of nitrogens with one attached hydrogen (secondary N) is 1. The van der Waals surface area contributed by atoms with Crippen molar-refractivity contribution >= 4 is 0 Å². The smallest absolute Gasteiger partial charge is 0.0107 e. The van der Waals surface area contributed by atoms with Gasteiger partial charge in [-0.05, 0) is 43.9 Å². The Hall–Kier alpha value is -0.0800. The normalized spacial score (nSPS) is 34.7. The van der Waals surface area contributed by atoms with Crippen molar-refractivity contribution in [3.8, 4) is 0 Å². The van der Waals surface area contributed by atoms with E-state index in [1.165, 1.54) is 84.0 Å². The highest BCUT2D eigenvalue weighted by atomic mass is 15.2. The van der Waals surface area contributed by atoms with Crippen molar-refractivity contribution < 1.29 is 0 Å². The second-order valence-electron chi connectivity index (χ2n) is 6.95. The van der Waals surface area contributed by atoms with Crippen LogP contribution in [0.5, 0.6) is 0 Å². The van der Waals surface area contributed by atoms with Crippen LogP contribution in [0.15, 0.2) is 0 Å². The second-order valence-corrected chi connectivity index (χ2v) is 6.95. The van der Waals surface area contributed by atoms with Gasteiger partial charge in [-0.1, -0.05) is 25.7 Å². The van der Waals surface area contributed by atoms with E-state index in [0.717, 1.165) is 17.9 Å². The summed E-state index contributed by atoms with van der Waals surface area (Å²) in [5, 5.41) is 3.79. The maximum atomic E-state index is 3.79. The molecule has 2 aliphatic carbocycles. The summed E-state index contributed by atoms with van der Waals surface area (Å²) < 4.78 is 0. The molecule has 2 bridgehead atoms. The minimum Gasteiger partial charge on any atom is -0.313 e. The molecule has 18 heavy (non-hydrogen) atoms. The molecule has 0 aromatic heterocycles. The van der Waals surface area contributed by atoms with Crippen LogP contribution in [0.25, 0.3) is 0 Å². The van der Waals surface area contributed by atoms with E-state index in [9.17, 15) is 0 Å². The Morgan fingerprint density at radius 1 is 0.833 bits per heavy atom. The van der Waals surface area contributed by atoms with E-state index in [-0.39, 0.29) is 0 Å². The molecule has 104 valence electrons. The maximum Gasteiger partial charge on any atom is 0.0107 e. The van der Waals surface area contributed by atoms with Crippen molar-refractivity contribution in [2.75, 3.05) is 26.2 Å². The quantitative estimate of drug-likeness (QED) is 0.825. The summed E-state index contributed by atoms with van der Waals surface area (Å²) in [6.07, 6.45) is 13.3. The van der Waals surface area contributed by atoms with Crippen LogP contribution >= 0.6 is 0 Å². The highest BCUT2D eigenvalue weighted by Gasteiger charge is 2.29. The van der Waals surface area contributed by atoms with Crippen molar-refractivity contribution in [3.63, 3.8) is 0 Å². The Balaban J connectivity index is 1.35. The molecule has 2 heteroatoms. The molecule has 2 unspecified atom stereocenters. The summed E-state index contributed by atoms with van der Waals surface area (Å²) in [6.45, 7) is 5.30. The first-order valence-corrected chi connectivity index (χ1v) is 8.36. The van der Waals surface area contributed by atoms with Gasteiger partial charge in [-0.25, -0.2) is 0 Å². The minimum absolute atomic E-state index is 0.836. The molecule has 1 saturated heterocycles. The number of hydrogen-bond donors (Lipinski definition) is 1. The lowest BCUT2D eigenvalue weighted by molar-refractivity contribution is 0.0860. The van der Waals surface area contributed by atoms with Crippen LogP contribution in [0, 0.1) is 11.8 Å². The molecule has 0 aromatic rings. The van der Waals surface area contributed by atoms with Crippen molar-refractivity contribution in [2.45, 2.75) is 63.8 Å². The Morgan fingerprint density at radius 2 is 1.56 bits per heavy atom. The Labute approximate surface area is 113 Å². The zero-order valence-electron chi connectivity index (χ0n) is 11.9. The topological polar surface area (TPSA) is 15.3 Å². The highest BCUT2D eigenvalue weighted by Crippen LogP contribution is 2.34. The molecule has 3 aliphatic rings. The van der Waals surface area contributed by atoms with E-state index >= 15 is 0 Å². The van der Waals surface area contributed by atoms with Gasteiger partial charge in [0, 0.05) is 32.2 Å². The first-order valence-electron chi connectivity index (χ1n) is 8.36. The van der Waals surface area contributed by atoms with E-state index in [4.69, 9.17) is 0 Å². The molecule has 0 amide bonds. The lowest BCUT2D eigenvalue weighted by atomic mass is 9.78. The molecule has 1 heterocycles. The molecule has 0 aromatic carbocycles. The number of likely N-dealkylation sites (tertiary alicyclic amines) is 1. The van der Waals surface area contributed by atoms with E-state index in [2.05, 4.69) is 10.2 Å². The fraction of sp³-hybridized carbons (Fsp3) is 1.00. The van der Waals surface area contributed by atoms with Crippen LogP contribution in [0.1, 0.15) is 57.8 Å². The van der Waals surface area contributed by atoms with Gasteiger partial charge >= 0.3 is 0 Å². The van der Waals surface area contributed by atoms with Gasteiger partial charge in [-0.15, -0.1) is 0 Å². The Kier molecular flexibility index (Phi) is 4.58. The number of fused-ring (bicyclic) bond motifs is 2. The first kappa shape index (κ1) is 12.9. The molecule has 1 N–H and O–H groups in total. The zero-order valence-corrected chi connectivity index (χ0v) is 11.9. The minimum atomic E-state index is 0.836. The van der Waals surface area contributed by atoms with Crippen molar-refractivity contribution in [1.82, 2.24) is 10.2 Å². The average Bonchev–Trinajstić information content (AvgIpc) is 2.40. The monoisotopic (exact) mass is 250 g/mol. The zero-order chi connectivity index (χ0) is 12.2. The predicted octanol–water partition coefficient (Wildman–Crippen LogP) is 3.03. The van der Waals surface area contributed by atoms with Crippen molar-refractivity contribution in [2.24, 2.45) is 11.8 Å². The molecule has 3 rings (SSSR count). The summed E-state index contributed by atoms with van der Waals surface area (Å²) in [5.74, 6) is 2.07. The molecule has 1 aliphatic heterocycles. The standard InChI is InChI=1S/C16H30N2/c1-2-7-16(8-3-1)17-9-10-18-12-14-5-4-6-15(11-14)13-18/h14-17H,1-13H2. The molecular formula is C16H30N2.